The second-order valence-corrected chi connectivity index (χ2v) is 3.50. The van der Waals surface area contributed by atoms with E-state index in [2.05, 4.69) is 5.32 Å². The van der Waals surface area contributed by atoms with Crippen LogP contribution in [-0.2, 0) is 19.1 Å². The van der Waals surface area contributed by atoms with Gasteiger partial charge in [0, 0.05) is 6.61 Å². The van der Waals surface area contributed by atoms with Crippen molar-refractivity contribution in [2.45, 2.75) is 32.7 Å². The maximum absolute atomic E-state index is 11.3. The second-order valence-electron chi connectivity index (χ2n) is 3.50. The van der Waals surface area contributed by atoms with Crippen molar-refractivity contribution in [3.63, 3.8) is 0 Å². The second kappa shape index (κ2) is 10.0. The van der Waals surface area contributed by atoms with Crippen molar-refractivity contribution < 1.29 is 24.2 Å². The van der Waals surface area contributed by atoms with Crippen LogP contribution >= 0.6 is 0 Å². The van der Waals surface area contributed by atoms with Crippen LogP contribution in [0.1, 0.15) is 26.7 Å². The summed E-state index contributed by atoms with van der Waals surface area (Å²) in [6, 6.07) is -0.831. The monoisotopic (exact) mass is 247 g/mol. The van der Waals surface area contributed by atoms with Crippen LogP contribution in [0.3, 0.4) is 0 Å². The number of carbonyl (C=O) groups excluding carboxylic acids is 1. The van der Waals surface area contributed by atoms with E-state index >= 15 is 0 Å². The molecule has 6 nitrogen and oxygen atoms in total. The van der Waals surface area contributed by atoms with E-state index in [1.54, 1.807) is 0 Å². The molecule has 0 radical (unpaired) electrons. The lowest BCUT2D eigenvalue weighted by molar-refractivity contribution is -0.142. The molecule has 0 aliphatic carbocycles. The van der Waals surface area contributed by atoms with Gasteiger partial charge < -0.3 is 19.9 Å². The zero-order valence-electron chi connectivity index (χ0n) is 10.4. The molecule has 2 N–H and O–H groups in total. The summed E-state index contributed by atoms with van der Waals surface area (Å²) in [7, 11) is 0. The summed E-state index contributed by atoms with van der Waals surface area (Å²) in [5.41, 5.74) is 0. The molecule has 100 valence electrons. The van der Waals surface area contributed by atoms with Gasteiger partial charge in [-0.1, -0.05) is 13.3 Å². The number of carboxylic acid groups (broad SMARTS) is 1. The number of carboxylic acids is 1. The quantitative estimate of drug-likeness (QED) is 0.546. The van der Waals surface area contributed by atoms with E-state index in [0.717, 1.165) is 0 Å². The van der Waals surface area contributed by atoms with Crippen LogP contribution in [0.25, 0.3) is 0 Å². The fraction of sp³-hybridized carbons (Fsp3) is 0.818. The van der Waals surface area contributed by atoms with Crippen LogP contribution < -0.4 is 5.32 Å². The molecule has 6 heteroatoms. The minimum Gasteiger partial charge on any atom is -0.480 e. The van der Waals surface area contributed by atoms with Crippen molar-refractivity contribution in [2.24, 2.45) is 0 Å². The highest BCUT2D eigenvalue weighted by Crippen LogP contribution is 1.96. The van der Waals surface area contributed by atoms with Gasteiger partial charge in [-0.15, -0.1) is 0 Å². The summed E-state index contributed by atoms with van der Waals surface area (Å²) in [4.78, 5) is 22.1. The molecule has 0 aromatic carbocycles. The van der Waals surface area contributed by atoms with Gasteiger partial charge in [0.25, 0.3) is 0 Å². The first-order chi connectivity index (χ1) is 8.11. The van der Waals surface area contributed by atoms with Crippen molar-refractivity contribution in [1.29, 1.82) is 0 Å². The van der Waals surface area contributed by atoms with Gasteiger partial charge in [-0.25, -0.2) is 4.79 Å². The number of carbonyl (C=O) groups is 2. The summed E-state index contributed by atoms with van der Waals surface area (Å²) in [5, 5.41) is 11.2. The van der Waals surface area contributed by atoms with Crippen LogP contribution in [0.5, 0.6) is 0 Å². The van der Waals surface area contributed by atoms with Crippen LogP contribution in [0.4, 0.5) is 0 Å². The lowest BCUT2D eigenvalue weighted by atomic mass is 10.2. The Balaban J connectivity index is 3.71. The topological polar surface area (TPSA) is 84.9 Å². The first-order valence-corrected chi connectivity index (χ1v) is 5.79. The van der Waals surface area contributed by atoms with Gasteiger partial charge in [-0.2, -0.15) is 0 Å². The smallest absolute Gasteiger partial charge is 0.326 e. The van der Waals surface area contributed by atoms with E-state index in [0.29, 0.717) is 32.7 Å². The zero-order chi connectivity index (χ0) is 13.1. The molecule has 0 rings (SSSR count). The average Bonchev–Trinajstić information content (AvgIpc) is 2.28. The summed E-state index contributed by atoms with van der Waals surface area (Å²) in [5.74, 6) is -1.43. The Kier molecular flexibility index (Phi) is 9.37. The highest BCUT2D eigenvalue weighted by molar-refractivity contribution is 5.84. The fourth-order valence-corrected chi connectivity index (χ4v) is 1.21. The Bertz CT molecular complexity index is 232. The SMILES string of the molecule is CCCC(NC(=O)COCCOCC)C(=O)O. The summed E-state index contributed by atoms with van der Waals surface area (Å²) in [6.45, 7) is 4.96. The summed E-state index contributed by atoms with van der Waals surface area (Å²) >= 11 is 0. The highest BCUT2D eigenvalue weighted by atomic mass is 16.5. The van der Waals surface area contributed by atoms with E-state index in [1.807, 2.05) is 13.8 Å². The third-order valence-electron chi connectivity index (χ3n) is 2.02. The number of ether oxygens (including phenoxy) is 2. The molecule has 0 heterocycles. The van der Waals surface area contributed by atoms with Gasteiger partial charge >= 0.3 is 5.97 Å². The Labute approximate surface area is 101 Å². The van der Waals surface area contributed by atoms with Crippen molar-refractivity contribution in [3.05, 3.63) is 0 Å². The predicted molar refractivity (Wildman–Crippen MR) is 61.8 cm³/mol. The lowest BCUT2D eigenvalue weighted by Gasteiger charge is -2.13. The maximum atomic E-state index is 11.3. The molecule has 0 saturated carbocycles. The van der Waals surface area contributed by atoms with Gasteiger partial charge in [0.2, 0.25) is 5.91 Å². The molecule has 0 aromatic rings. The molecule has 0 aliphatic heterocycles. The number of rotatable bonds is 10. The van der Waals surface area contributed by atoms with Crippen molar-refractivity contribution in [3.8, 4) is 0 Å². The third kappa shape index (κ3) is 8.65. The highest BCUT2D eigenvalue weighted by Gasteiger charge is 2.18. The lowest BCUT2D eigenvalue weighted by Crippen LogP contribution is -2.42. The molecular formula is C11H21NO5. The molecule has 0 fully saturated rings. The molecule has 1 atom stereocenters. The van der Waals surface area contributed by atoms with Crippen molar-refractivity contribution >= 4 is 11.9 Å². The van der Waals surface area contributed by atoms with E-state index in [4.69, 9.17) is 14.6 Å². The molecular weight excluding hydrogens is 226 g/mol. The van der Waals surface area contributed by atoms with Gasteiger partial charge in [-0.3, -0.25) is 4.79 Å². The molecule has 0 aliphatic rings. The molecule has 17 heavy (non-hydrogen) atoms. The Morgan fingerprint density at radius 2 is 1.88 bits per heavy atom. The van der Waals surface area contributed by atoms with E-state index in [-0.39, 0.29) is 6.61 Å². The normalized spacial score (nSPS) is 12.1. The number of aliphatic carboxylic acids is 1. The molecule has 1 unspecified atom stereocenters. The van der Waals surface area contributed by atoms with Gasteiger partial charge in [0.1, 0.15) is 12.6 Å². The molecule has 1 amide bonds. The largest absolute Gasteiger partial charge is 0.480 e. The van der Waals surface area contributed by atoms with Crippen molar-refractivity contribution in [1.82, 2.24) is 5.32 Å². The standard InChI is InChI=1S/C11H21NO5/c1-3-5-9(11(14)15)12-10(13)8-17-7-6-16-4-2/h9H,3-8H2,1-2H3,(H,12,13)(H,14,15). The minimum atomic E-state index is -1.02. The first kappa shape index (κ1) is 15.9. The maximum Gasteiger partial charge on any atom is 0.326 e. The molecule has 0 aromatic heterocycles. The number of nitrogens with one attached hydrogen (secondary N) is 1. The zero-order valence-corrected chi connectivity index (χ0v) is 10.4. The molecule has 0 bridgehead atoms. The Morgan fingerprint density at radius 1 is 1.24 bits per heavy atom. The van der Waals surface area contributed by atoms with Crippen LogP contribution in [-0.4, -0.2) is 49.5 Å². The van der Waals surface area contributed by atoms with Gasteiger partial charge in [0.15, 0.2) is 0 Å². The van der Waals surface area contributed by atoms with E-state index < -0.39 is 17.9 Å². The van der Waals surface area contributed by atoms with Crippen molar-refractivity contribution in [2.75, 3.05) is 26.4 Å². The van der Waals surface area contributed by atoms with Crippen LogP contribution in [0.2, 0.25) is 0 Å². The minimum absolute atomic E-state index is 0.138. The predicted octanol–water partition coefficient (Wildman–Crippen LogP) is 0.409. The average molecular weight is 247 g/mol. The fourth-order valence-electron chi connectivity index (χ4n) is 1.21. The summed E-state index contributed by atoms with van der Waals surface area (Å²) in [6.07, 6.45) is 1.11. The molecule has 0 saturated heterocycles. The third-order valence-corrected chi connectivity index (χ3v) is 2.02. The first-order valence-electron chi connectivity index (χ1n) is 5.79. The van der Waals surface area contributed by atoms with Gasteiger partial charge in [-0.05, 0) is 13.3 Å². The van der Waals surface area contributed by atoms with Gasteiger partial charge in [0.05, 0.1) is 13.2 Å². The number of hydrogen-bond donors (Lipinski definition) is 2. The van der Waals surface area contributed by atoms with E-state index in [9.17, 15) is 9.59 Å². The van der Waals surface area contributed by atoms with E-state index in [1.165, 1.54) is 0 Å². The Morgan fingerprint density at radius 3 is 2.41 bits per heavy atom. The molecule has 0 spiro atoms. The number of amides is 1. The summed E-state index contributed by atoms with van der Waals surface area (Å²) < 4.78 is 10.0. The van der Waals surface area contributed by atoms with Crippen LogP contribution in [0, 0.1) is 0 Å². The Hall–Kier alpha value is -1.14. The number of hydrogen-bond acceptors (Lipinski definition) is 4. The van der Waals surface area contributed by atoms with Crippen LogP contribution in [0.15, 0.2) is 0 Å².